The van der Waals surface area contributed by atoms with Crippen molar-refractivity contribution in [2.45, 2.75) is 32.4 Å². The summed E-state index contributed by atoms with van der Waals surface area (Å²) in [7, 11) is 1.76. The first-order valence-corrected chi connectivity index (χ1v) is 10.1. The molecule has 3 rings (SSSR count). The third-order valence-electron chi connectivity index (χ3n) is 5.31. The number of nitrogens with one attached hydrogen (secondary N) is 2. The molecule has 1 saturated heterocycles. The van der Waals surface area contributed by atoms with Crippen molar-refractivity contribution in [1.82, 2.24) is 15.6 Å². The molecule has 1 aromatic carbocycles. The number of aromatic nitrogens is 1. The van der Waals surface area contributed by atoms with Crippen LogP contribution >= 0.6 is 0 Å². The standard InChI is InChI=1S/C22H30N6O/c1-16(17-8-4-3-5-9-17)27-22(24-2)26-14-18-10-6-12-25-21(18)28-13-7-11-19(15-28)20(23)29/h3-6,8-10,12,16,19H,7,11,13-15H2,1-2H3,(H2,23,29)(H2,24,26,27). The SMILES string of the molecule is CN=C(NCc1cccnc1N1CCCC(C(N)=O)C1)NC(C)c1ccccc1. The number of guanidine groups is 1. The van der Waals surface area contributed by atoms with E-state index in [0.717, 1.165) is 36.7 Å². The Kier molecular flexibility index (Phi) is 7.05. The smallest absolute Gasteiger partial charge is 0.222 e. The second-order valence-corrected chi connectivity index (χ2v) is 7.38. The van der Waals surface area contributed by atoms with E-state index in [1.807, 2.05) is 24.3 Å². The second kappa shape index (κ2) is 9.91. The largest absolute Gasteiger partial charge is 0.369 e. The van der Waals surface area contributed by atoms with E-state index < -0.39 is 0 Å². The molecule has 0 aliphatic carbocycles. The van der Waals surface area contributed by atoms with E-state index in [-0.39, 0.29) is 17.9 Å². The molecule has 29 heavy (non-hydrogen) atoms. The number of hydrogen-bond donors (Lipinski definition) is 3. The van der Waals surface area contributed by atoms with E-state index in [1.54, 1.807) is 13.2 Å². The molecule has 1 amide bonds. The van der Waals surface area contributed by atoms with Gasteiger partial charge in [0.05, 0.1) is 12.0 Å². The van der Waals surface area contributed by atoms with Crippen LogP contribution in [-0.4, -0.2) is 37.0 Å². The van der Waals surface area contributed by atoms with Crippen molar-refractivity contribution in [3.8, 4) is 0 Å². The van der Waals surface area contributed by atoms with Crippen LogP contribution in [0.15, 0.2) is 53.7 Å². The zero-order valence-corrected chi connectivity index (χ0v) is 17.1. The number of nitrogens with zero attached hydrogens (tertiary/aromatic N) is 3. The Morgan fingerprint density at radius 1 is 1.31 bits per heavy atom. The van der Waals surface area contributed by atoms with Crippen LogP contribution in [0.4, 0.5) is 5.82 Å². The van der Waals surface area contributed by atoms with Crippen LogP contribution in [0.5, 0.6) is 0 Å². The van der Waals surface area contributed by atoms with Gasteiger partial charge in [-0.15, -0.1) is 0 Å². The van der Waals surface area contributed by atoms with Gasteiger partial charge in [-0.05, 0) is 31.4 Å². The third-order valence-corrected chi connectivity index (χ3v) is 5.31. The Morgan fingerprint density at radius 3 is 2.83 bits per heavy atom. The van der Waals surface area contributed by atoms with E-state index in [2.05, 4.69) is 50.6 Å². The highest BCUT2D eigenvalue weighted by atomic mass is 16.1. The Morgan fingerprint density at radius 2 is 2.10 bits per heavy atom. The molecule has 1 fully saturated rings. The number of piperidine rings is 1. The summed E-state index contributed by atoms with van der Waals surface area (Å²) < 4.78 is 0. The van der Waals surface area contributed by atoms with Gasteiger partial charge in [-0.3, -0.25) is 9.79 Å². The topological polar surface area (TPSA) is 95.6 Å². The Hall–Kier alpha value is -3.09. The number of anilines is 1. The van der Waals surface area contributed by atoms with Gasteiger partial charge in [-0.1, -0.05) is 36.4 Å². The van der Waals surface area contributed by atoms with E-state index in [9.17, 15) is 4.79 Å². The van der Waals surface area contributed by atoms with Crippen LogP contribution in [0.2, 0.25) is 0 Å². The Bertz CT molecular complexity index is 838. The molecule has 0 bridgehead atoms. The van der Waals surface area contributed by atoms with Crippen LogP contribution in [0.1, 0.15) is 36.9 Å². The number of nitrogens with two attached hydrogens (primary N) is 1. The van der Waals surface area contributed by atoms with Gasteiger partial charge in [0.2, 0.25) is 5.91 Å². The number of hydrogen-bond acceptors (Lipinski definition) is 4. The summed E-state index contributed by atoms with van der Waals surface area (Å²) in [5, 5.41) is 6.80. The molecule has 1 aliphatic heterocycles. The number of benzene rings is 1. The van der Waals surface area contributed by atoms with Gasteiger partial charge in [0.25, 0.3) is 0 Å². The van der Waals surface area contributed by atoms with Crippen LogP contribution in [-0.2, 0) is 11.3 Å². The van der Waals surface area contributed by atoms with Crippen molar-refractivity contribution >= 4 is 17.7 Å². The summed E-state index contributed by atoms with van der Waals surface area (Å²) in [5.41, 5.74) is 7.79. The van der Waals surface area contributed by atoms with Crippen molar-refractivity contribution in [3.63, 3.8) is 0 Å². The molecule has 7 heteroatoms. The Labute approximate surface area is 172 Å². The summed E-state index contributed by atoms with van der Waals surface area (Å²) in [4.78, 5) is 22.7. The maximum atomic E-state index is 11.6. The van der Waals surface area contributed by atoms with Gasteiger partial charge < -0.3 is 21.3 Å². The summed E-state index contributed by atoms with van der Waals surface area (Å²) in [6.45, 7) is 4.20. The molecule has 0 radical (unpaired) electrons. The molecule has 1 aromatic heterocycles. The summed E-state index contributed by atoms with van der Waals surface area (Å²) >= 11 is 0. The Balaban J connectivity index is 1.65. The summed E-state index contributed by atoms with van der Waals surface area (Å²) in [5.74, 6) is 1.28. The number of rotatable bonds is 6. The number of carbonyl (C=O) groups is 1. The van der Waals surface area contributed by atoms with E-state index in [4.69, 9.17) is 5.73 Å². The van der Waals surface area contributed by atoms with Crippen molar-refractivity contribution in [3.05, 3.63) is 59.8 Å². The fourth-order valence-corrected chi connectivity index (χ4v) is 3.66. The normalized spacial score (nSPS) is 18.2. The van der Waals surface area contributed by atoms with Gasteiger partial charge in [0.1, 0.15) is 5.82 Å². The average Bonchev–Trinajstić information content (AvgIpc) is 2.77. The number of pyridine rings is 1. The monoisotopic (exact) mass is 394 g/mol. The number of carbonyl (C=O) groups excluding carboxylic acids is 1. The molecular weight excluding hydrogens is 364 g/mol. The van der Waals surface area contributed by atoms with Crippen molar-refractivity contribution in [1.29, 1.82) is 0 Å². The van der Waals surface area contributed by atoms with Crippen LogP contribution in [0.3, 0.4) is 0 Å². The average molecular weight is 395 g/mol. The quantitative estimate of drug-likeness (QED) is 0.516. The molecule has 7 nitrogen and oxygen atoms in total. The zero-order valence-electron chi connectivity index (χ0n) is 17.1. The predicted octanol–water partition coefficient (Wildman–Crippen LogP) is 2.21. The third kappa shape index (κ3) is 5.47. The van der Waals surface area contributed by atoms with E-state index in [0.29, 0.717) is 13.1 Å². The molecule has 154 valence electrons. The van der Waals surface area contributed by atoms with Gasteiger partial charge >= 0.3 is 0 Å². The lowest BCUT2D eigenvalue weighted by Crippen LogP contribution is -2.42. The molecule has 2 aromatic rings. The lowest BCUT2D eigenvalue weighted by molar-refractivity contribution is -0.122. The first kappa shape index (κ1) is 20.6. The highest BCUT2D eigenvalue weighted by Crippen LogP contribution is 2.24. The maximum Gasteiger partial charge on any atom is 0.222 e. The van der Waals surface area contributed by atoms with Crippen molar-refractivity contribution < 1.29 is 4.79 Å². The van der Waals surface area contributed by atoms with Gasteiger partial charge in [-0.25, -0.2) is 4.98 Å². The minimum absolute atomic E-state index is 0.118. The van der Waals surface area contributed by atoms with Crippen LogP contribution in [0, 0.1) is 5.92 Å². The van der Waals surface area contributed by atoms with Crippen molar-refractivity contribution in [2.75, 3.05) is 25.0 Å². The fourth-order valence-electron chi connectivity index (χ4n) is 3.66. The first-order chi connectivity index (χ1) is 14.1. The number of amides is 1. The molecule has 0 spiro atoms. The molecule has 2 heterocycles. The van der Waals surface area contributed by atoms with Crippen LogP contribution in [0.25, 0.3) is 0 Å². The molecule has 2 unspecified atom stereocenters. The maximum absolute atomic E-state index is 11.6. The van der Waals surface area contributed by atoms with Gasteiger partial charge in [0, 0.05) is 38.4 Å². The molecule has 4 N–H and O–H groups in total. The highest BCUT2D eigenvalue weighted by molar-refractivity contribution is 5.80. The van der Waals surface area contributed by atoms with E-state index >= 15 is 0 Å². The minimum atomic E-state index is -0.232. The first-order valence-electron chi connectivity index (χ1n) is 10.1. The molecule has 2 atom stereocenters. The van der Waals surface area contributed by atoms with Gasteiger partial charge in [0.15, 0.2) is 5.96 Å². The summed E-state index contributed by atoms with van der Waals surface area (Å²) in [6, 6.07) is 14.4. The molecule has 1 aliphatic rings. The number of primary amides is 1. The minimum Gasteiger partial charge on any atom is -0.369 e. The lowest BCUT2D eigenvalue weighted by atomic mass is 9.97. The van der Waals surface area contributed by atoms with E-state index in [1.165, 1.54) is 5.56 Å². The predicted molar refractivity (Wildman–Crippen MR) is 117 cm³/mol. The fraction of sp³-hybridized carbons (Fsp3) is 0.409. The van der Waals surface area contributed by atoms with Crippen molar-refractivity contribution in [2.24, 2.45) is 16.6 Å². The molecule has 0 saturated carbocycles. The lowest BCUT2D eigenvalue weighted by Gasteiger charge is -2.33. The second-order valence-electron chi connectivity index (χ2n) is 7.38. The molecular formula is C22H30N6O. The van der Waals surface area contributed by atoms with Crippen LogP contribution < -0.4 is 21.3 Å². The van der Waals surface area contributed by atoms with Gasteiger partial charge in [-0.2, -0.15) is 0 Å². The number of aliphatic imine (C=N–C) groups is 1. The zero-order chi connectivity index (χ0) is 20.6. The highest BCUT2D eigenvalue weighted by Gasteiger charge is 2.26. The summed E-state index contributed by atoms with van der Waals surface area (Å²) in [6.07, 6.45) is 3.58.